The van der Waals surface area contributed by atoms with Crippen LogP contribution >= 0.6 is 0 Å². The van der Waals surface area contributed by atoms with Gasteiger partial charge in [0, 0.05) is 18.8 Å². The van der Waals surface area contributed by atoms with Crippen molar-refractivity contribution in [2.75, 3.05) is 64.7 Å². The van der Waals surface area contributed by atoms with Gasteiger partial charge in [0.15, 0.2) is 0 Å². The fourth-order valence-electron chi connectivity index (χ4n) is 5.82. The summed E-state index contributed by atoms with van der Waals surface area (Å²) >= 11 is 0. The molecule has 0 heterocycles. The third-order valence-electron chi connectivity index (χ3n) is 8.78. The third-order valence-corrected chi connectivity index (χ3v) is 8.78. The monoisotopic (exact) mass is 1020 g/mol. The van der Waals surface area contributed by atoms with Crippen LogP contribution in [0.1, 0.15) is 121 Å². The van der Waals surface area contributed by atoms with Crippen molar-refractivity contribution in [2.45, 2.75) is 125 Å². The predicted molar refractivity (Wildman–Crippen MR) is 270 cm³/mol. The van der Waals surface area contributed by atoms with E-state index in [1.165, 1.54) is 29.2 Å². The minimum absolute atomic E-state index is 0.104. The SMILES string of the molecule is CC(C)(C)OC(=O)CCOCCOCCOCCOCCN(Cc1cccc(C(=O)OC(C)(C)C)c1)C(=O)OCc1ccc(OC(=O)c2ccc(NC(=NC(=O)OC(C)(C)C)NC(=O)OC(C)(C)C)cc2)cc1. The lowest BCUT2D eigenvalue weighted by molar-refractivity contribution is -0.156. The Labute approximate surface area is 428 Å². The molecule has 0 saturated carbocycles. The van der Waals surface area contributed by atoms with Crippen LogP contribution in [0.25, 0.3) is 0 Å². The van der Waals surface area contributed by atoms with Crippen LogP contribution in [0.5, 0.6) is 5.75 Å². The van der Waals surface area contributed by atoms with E-state index in [0.29, 0.717) is 55.4 Å². The molecule has 0 radical (unpaired) electrons. The Balaban J connectivity index is 1.53. The molecule has 0 aliphatic heterocycles. The zero-order chi connectivity index (χ0) is 54.2. The number of hydrogen-bond acceptors (Lipinski definition) is 16. The summed E-state index contributed by atoms with van der Waals surface area (Å²) in [7, 11) is 0. The van der Waals surface area contributed by atoms with Crippen molar-refractivity contribution < 1.29 is 76.1 Å². The van der Waals surface area contributed by atoms with E-state index in [1.54, 1.807) is 111 Å². The number of hydrogen-bond donors (Lipinski definition) is 2. The van der Waals surface area contributed by atoms with E-state index in [-0.39, 0.29) is 69.2 Å². The summed E-state index contributed by atoms with van der Waals surface area (Å²) in [5, 5.41) is 5.23. The van der Waals surface area contributed by atoms with Gasteiger partial charge in [-0.2, -0.15) is 0 Å². The molecule has 2 N–H and O–H groups in total. The zero-order valence-corrected chi connectivity index (χ0v) is 44.3. The molecule has 0 fully saturated rings. The highest BCUT2D eigenvalue weighted by Crippen LogP contribution is 2.19. The summed E-state index contributed by atoms with van der Waals surface area (Å²) in [5.41, 5.74) is -0.701. The van der Waals surface area contributed by atoms with Gasteiger partial charge in [-0.1, -0.05) is 24.3 Å². The zero-order valence-electron chi connectivity index (χ0n) is 44.3. The number of amides is 3. The van der Waals surface area contributed by atoms with Gasteiger partial charge in [0.1, 0.15) is 34.8 Å². The average molecular weight is 1020 g/mol. The number of nitrogens with zero attached hydrogens (tertiary/aromatic N) is 2. The summed E-state index contributed by atoms with van der Waals surface area (Å²) in [6.45, 7) is 23.3. The molecule has 73 heavy (non-hydrogen) atoms. The standard InChI is InChI=1S/C53H74N4O16/c1-50(2,3)70-43(58)24-26-64-28-30-66-32-33-67-31-29-65-27-25-57(35-38-14-13-15-40(34-38)45(60)71-51(4,5)6)49(63)68-36-37-16-22-42(23-17-37)69-44(59)39-18-20-41(21-19-39)54-46(55-47(61)72-52(7,8)9)56-48(62)73-53(10,11)12/h13-23,34H,24-33,35-36H2,1-12H3,(H2,54,55,56,61,62). The number of alkyl carbamates (subject to hydrolysis) is 1. The molecule has 3 amide bonds. The molecule has 20 heteroatoms. The van der Waals surface area contributed by atoms with E-state index < -0.39 is 52.6 Å². The molecule has 20 nitrogen and oxygen atoms in total. The molecule has 0 bridgehead atoms. The van der Waals surface area contributed by atoms with E-state index in [9.17, 15) is 28.8 Å². The molecule has 3 aromatic rings. The maximum Gasteiger partial charge on any atom is 0.437 e. The smallest absolute Gasteiger partial charge is 0.437 e. The van der Waals surface area contributed by atoms with Gasteiger partial charge in [-0.05, 0) is 143 Å². The molecule has 402 valence electrons. The van der Waals surface area contributed by atoms with Gasteiger partial charge in [0.25, 0.3) is 0 Å². The first kappa shape index (κ1) is 60.7. The molecule has 0 aromatic heterocycles. The second-order valence-corrected chi connectivity index (χ2v) is 20.3. The second-order valence-electron chi connectivity index (χ2n) is 20.3. The van der Waals surface area contributed by atoms with Crippen LogP contribution in [-0.4, -0.2) is 129 Å². The predicted octanol–water partition coefficient (Wildman–Crippen LogP) is 9.03. The van der Waals surface area contributed by atoms with Gasteiger partial charge in [0.05, 0.1) is 70.4 Å². The number of ether oxygens (including phenoxy) is 10. The molecule has 0 aliphatic rings. The van der Waals surface area contributed by atoms with Crippen LogP contribution in [0.15, 0.2) is 77.8 Å². The van der Waals surface area contributed by atoms with Crippen LogP contribution in [0.4, 0.5) is 20.1 Å². The van der Waals surface area contributed by atoms with Crippen molar-refractivity contribution in [3.05, 3.63) is 95.1 Å². The quantitative estimate of drug-likeness (QED) is 0.0225. The van der Waals surface area contributed by atoms with E-state index in [4.69, 9.17) is 47.4 Å². The van der Waals surface area contributed by atoms with E-state index in [2.05, 4.69) is 15.6 Å². The maximum absolute atomic E-state index is 13.6. The number of benzene rings is 3. The Morgan fingerprint density at radius 1 is 0.548 bits per heavy atom. The van der Waals surface area contributed by atoms with Crippen molar-refractivity contribution in [3.63, 3.8) is 0 Å². The lowest BCUT2D eigenvalue weighted by atomic mass is 10.1. The van der Waals surface area contributed by atoms with E-state index in [0.717, 1.165) is 0 Å². The summed E-state index contributed by atoms with van der Waals surface area (Å²) in [6.07, 6.45) is -2.28. The van der Waals surface area contributed by atoms with Crippen LogP contribution in [-0.2, 0) is 60.6 Å². The van der Waals surface area contributed by atoms with E-state index >= 15 is 0 Å². The highest BCUT2D eigenvalue weighted by molar-refractivity contribution is 6.06. The molecule has 0 saturated heterocycles. The second kappa shape index (κ2) is 29.2. The van der Waals surface area contributed by atoms with Crippen LogP contribution in [0, 0.1) is 0 Å². The minimum Gasteiger partial charge on any atom is -0.460 e. The topological polar surface area (TPSA) is 234 Å². The van der Waals surface area contributed by atoms with Crippen LogP contribution in [0.2, 0.25) is 0 Å². The first-order chi connectivity index (χ1) is 34.1. The Bertz CT molecular complexity index is 2270. The number of anilines is 1. The van der Waals surface area contributed by atoms with Crippen LogP contribution < -0.4 is 15.4 Å². The first-order valence-corrected chi connectivity index (χ1v) is 23.9. The van der Waals surface area contributed by atoms with Crippen LogP contribution in [0.3, 0.4) is 0 Å². The molecule has 0 spiro atoms. The number of carbonyl (C=O) groups is 6. The largest absolute Gasteiger partial charge is 0.460 e. The highest BCUT2D eigenvalue weighted by atomic mass is 16.6. The fraction of sp³-hybridized carbons (Fsp3) is 0.528. The van der Waals surface area contributed by atoms with Crippen molar-refractivity contribution >= 4 is 47.8 Å². The maximum atomic E-state index is 13.6. The van der Waals surface area contributed by atoms with Crippen molar-refractivity contribution in [2.24, 2.45) is 4.99 Å². The van der Waals surface area contributed by atoms with Gasteiger partial charge in [-0.3, -0.25) is 10.1 Å². The molecular weight excluding hydrogens is 949 g/mol. The first-order valence-electron chi connectivity index (χ1n) is 23.9. The Morgan fingerprint density at radius 2 is 1.10 bits per heavy atom. The number of esters is 3. The van der Waals surface area contributed by atoms with Crippen molar-refractivity contribution in [1.82, 2.24) is 10.2 Å². The lowest BCUT2D eigenvalue weighted by Gasteiger charge is -2.23. The Kier molecular flexibility index (Phi) is 24.3. The molecule has 3 rings (SSSR count). The summed E-state index contributed by atoms with van der Waals surface area (Å²) < 4.78 is 54.9. The van der Waals surface area contributed by atoms with Crippen molar-refractivity contribution in [3.8, 4) is 5.75 Å². The number of carbonyl (C=O) groups excluding carboxylic acids is 6. The van der Waals surface area contributed by atoms with Gasteiger partial charge in [0.2, 0.25) is 5.96 Å². The summed E-state index contributed by atoms with van der Waals surface area (Å²) in [4.78, 5) is 81.5. The minimum atomic E-state index is -0.953. The van der Waals surface area contributed by atoms with Crippen molar-refractivity contribution in [1.29, 1.82) is 0 Å². The van der Waals surface area contributed by atoms with E-state index in [1.807, 2.05) is 20.8 Å². The summed E-state index contributed by atoms with van der Waals surface area (Å²) in [6, 6.07) is 19.2. The number of aliphatic imine (C=N–C) groups is 1. The third kappa shape index (κ3) is 27.7. The van der Waals surface area contributed by atoms with Gasteiger partial charge in [-0.25, -0.2) is 24.0 Å². The number of guanidine groups is 1. The molecule has 3 aromatic carbocycles. The summed E-state index contributed by atoms with van der Waals surface area (Å²) in [5.74, 6) is -1.50. The number of rotatable bonds is 23. The molecule has 0 aliphatic carbocycles. The van der Waals surface area contributed by atoms with Gasteiger partial charge < -0.3 is 57.6 Å². The number of nitrogens with one attached hydrogen (secondary N) is 2. The molecule has 0 unspecified atom stereocenters. The Hall–Kier alpha value is -6.61. The highest BCUT2D eigenvalue weighted by Gasteiger charge is 2.23. The van der Waals surface area contributed by atoms with Gasteiger partial charge in [-0.15, -0.1) is 4.99 Å². The lowest BCUT2D eigenvalue weighted by Crippen LogP contribution is -2.40. The Morgan fingerprint density at radius 3 is 1.66 bits per heavy atom. The molecular formula is C53H74N4O16. The average Bonchev–Trinajstić information content (AvgIpc) is 3.26. The molecule has 0 atom stereocenters. The normalized spacial score (nSPS) is 12.0. The fourth-order valence-corrected chi connectivity index (χ4v) is 5.82. The van der Waals surface area contributed by atoms with Gasteiger partial charge >= 0.3 is 36.2 Å².